The first-order valence-corrected chi connectivity index (χ1v) is 12.0. The number of fused-ring (bicyclic) bond motifs is 5. The lowest BCUT2D eigenvalue weighted by Crippen LogP contribution is -2.25. The van der Waals surface area contributed by atoms with E-state index in [2.05, 4.69) is 40.8 Å². The van der Waals surface area contributed by atoms with Crippen LogP contribution in [0.2, 0.25) is 0 Å². The molecule has 1 N–H and O–H groups in total. The van der Waals surface area contributed by atoms with Gasteiger partial charge in [-0.3, -0.25) is 13.7 Å². The number of hydrogen-bond acceptors (Lipinski definition) is 4. The quantitative estimate of drug-likeness (QED) is 0.620. The molecule has 1 aromatic heterocycles. The molecule has 2 aliphatic rings. The smallest absolute Gasteiger partial charge is 0.262 e. The summed E-state index contributed by atoms with van der Waals surface area (Å²) in [5, 5.41) is 1.18. The van der Waals surface area contributed by atoms with Gasteiger partial charge in [-0.05, 0) is 42.5 Å². The van der Waals surface area contributed by atoms with E-state index < -0.39 is 17.2 Å². The lowest BCUT2D eigenvalue weighted by molar-refractivity contribution is 0.0981. The molecule has 31 heavy (non-hydrogen) atoms. The third-order valence-electron chi connectivity index (χ3n) is 6.78. The number of likely N-dealkylation sites (N-methyl/N-ethyl adjacent to an activating group) is 1. The minimum absolute atomic E-state index is 0.359. The Morgan fingerprint density at radius 1 is 1.10 bits per heavy atom. The van der Waals surface area contributed by atoms with Crippen molar-refractivity contribution >= 4 is 33.8 Å². The van der Waals surface area contributed by atoms with Crippen LogP contribution in [0.4, 0.5) is 5.69 Å². The zero-order valence-electron chi connectivity index (χ0n) is 17.6. The third kappa shape index (κ3) is 3.55. The van der Waals surface area contributed by atoms with Crippen molar-refractivity contribution in [3.8, 4) is 11.3 Å². The summed E-state index contributed by atoms with van der Waals surface area (Å²) < 4.78 is 26.2. The monoisotopic (exact) mass is 436 g/mol. The topological polar surface area (TPSA) is 77.4 Å². The van der Waals surface area contributed by atoms with Crippen LogP contribution in [0, 0.1) is 0 Å². The van der Waals surface area contributed by atoms with Crippen molar-refractivity contribution in [3.05, 3.63) is 53.6 Å². The van der Waals surface area contributed by atoms with Crippen molar-refractivity contribution in [2.24, 2.45) is 0 Å². The predicted molar refractivity (Wildman–Crippen MR) is 123 cm³/mol. The molecule has 0 saturated heterocycles. The second kappa shape index (κ2) is 8.13. The molecule has 162 valence electrons. The summed E-state index contributed by atoms with van der Waals surface area (Å²) in [5.74, 6) is -0.103. The highest BCUT2D eigenvalue weighted by molar-refractivity contribution is 7.77. The molecule has 7 heteroatoms. The van der Waals surface area contributed by atoms with Gasteiger partial charge in [-0.1, -0.05) is 43.5 Å². The van der Waals surface area contributed by atoms with Gasteiger partial charge in [-0.2, -0.15) is 0 Å². The molecule has 1 amide bonds. The van der Waals surface area contributed by atoms with Crippen LogP contribution in [0.5, 0.6) is 0 Å². The van der Waals surface area contributed by atoms with E-state index >= 15 is 0 Å². The fourth-order valence-electron chi connectivity index (χ4n) is 5.36. The van der Waals surface area contributed by atoms with Crippen LogP contribution in [0.1, 0.15) is 53.9 Å². The Balaban J connectivity index is 1.77. The molecule has 6 nitrogen and oxygen atoms in total. The number of nitrogens with zero attached hydrogens (tertiary/aromatic N) is 2. The highest BCUT2D eigenvalue weighted by Crippen LogP contribution is 2.47. The normalized spacial score (nSPS) is 17.7. The van der Waals surface area contributed by atoms with Crippen LogP contribution in [0.3, 0.4) is 0 Å². The van der Waals surface area contributed by atoms with Gasteiger partial charge in [0.1, 0.15) is 0 Å². The van der Waals surface area contributed by atoms with E-state index in [4.69, 9.17) is 0 Å². The van der Waals surface area contributed by atoms with Crippen molar-refractivity contribution in [1.82, 2.24) is 9.29 Å². The van der Waals surface area contributed by atoms with Crippen molar-refractivity contribution in [2.75, 3.05) is 18.5 Å². The number of para-hydroxylation sites is 1. The van der Waals surface area contributed by atoms with Gasteiger partial charge in [0.15, 0.2) is 0 Å². The lowest BCUT2D eigenvalue weighted by Gasteiger charge is -2.24. The van der Waals surface area contributed by atoms with Gasteiger partial charge in [0.05, 0.1) is 5.69 Å². The zero-order valence-corrected chi connectivity index (χ0v) is 18.4. The molecule has 0 radical (unpaired) electrons. The number of rotatable bonds is 3. The van der Waals surface area contributed by atoms with Crippen LogP contribution in [0.25, 0.3) is 22.2 Å². The number of hydrogen-bond donors (Lipinski definition) is 1. The SMILES string of the molecule is CN1CCn2c(c(C3CCCCC3)c3ccc(C(=O)NS(=O)[O-])cc32)-c2ccccc21. The van der Waals surface area contributed by atoms with E-state index in [1.54, 1.807) is 6.07 Å². The van der Waals surface area contributed by atoms with Crippen LogP contribution >= 0.6 is 0 Å². The molecule has 1 aliphatic heterocycles. The van der Waals surface area contributed by atoms with Crippen LogP contribution in [0.15, 0.2) is 42.5 Å². The fraction of sp³-hybridized carbons (Fsp3) is 0.375. The van der Waals surface area contributed by atoms with Crippen LogP contribution in [-0.4, -0.2) is 32.8 Å². The Morgan fingerprint density at radius 2 is 1.87 bits per heavy atom. The summed E-state index contributed by atoms with van der Waals surface area (Å²) in [5.41, 5.74) is 6.46. The molecule has 1 atom stereocenters. The van der Waals surface area contributed by atoms with Crippen LogP contribution < -0.4 is 9.62 Å². The molecule has 3 aromatic rings. The molecule has 5 rings (SSSR count). The molecule has 0 bridgehead atoms. The maximum atomic E-state index is 12.4. The number of carbonyl (C=O) groups excluding carboxylic acids is 1. The van der Waals surface area contributed by atoms with Crippen molar-refractivity contribution < 1.29 is 13.6 Å². The molecular formula is C24H26N3O3S-. The van der Waals surface area contributed by atoms with Gasteiger partial charge in [0.2, 0.25) is 0 Å². The largest absolute Gasteiger partial charge is 0.755 e. The van der Waals surface area contributed by atoms with Crippen LogP contribution in [-0.2, 0) is 17.8 Å². The lowest BCUT2D eigenvalue weighted by atomic mass is 9.81. The highest BCUT2D eigenvalue weighted by atomic mass is 32.2. The molecule has 1 unspecified atom stereocenters. The first-order valence-electron chi connectivity index (χ1n) is 10.9. The number of carbonyl (C=O) groups is 1. The Labute approximate surface area is 184 Å². The molecule has 0 spiro atoms. The van der Waals surface area contributed by atoms with E-state index in [0.29, 0.717) is 11.5 Å². The third-order valence-corrected chi connectivity index (χ3v) is 7.14. The number of aromatic nitrogens is 1. The predicted octanol–water partition coefficient (Wildman–Crippen LogP) is 4.33. The summed E-state index contributed by atoms with van der Waals surface area (Å²) in [4.78, 5) is 14.7. The number of amides is 1. The Hall–Kier alpha value is -2.64. The van der Waals surface area contributed by atoms with E-state index in [-0.39, 0.29) is 0 Å². The molecule has 2 heterocycles. The number of anilines is 1. The first-order chi connectivity index (χ1) is 15.0. The van der Waals surface area contributed by atoms with Gasteiger partial charge in [0.25, 0.3) is 5.91 Å². The summed E-state index contributed by atoms with van der Waals surface area (Å²) >= 11 is -2.63. The summed E-state index contributed by atoms with van der Waals surface area (Å²) in [6, 6.07) is 14.1. The first kappa shape index (κ1) is 20.3. The molecule has 1 saturated carbocycles. The maximum absolute atomic E-state index is 12.4. The highest BCUT2D eigenvalue weighted by Gasteiger charge is 2.29. The van der Waals surface area contributed by atoms with Crippen molar-refractivity contribution in [3.63, 3.8) is 0 Å². The number of nitrogens with one attached hydrogen (secondary N) is 1. The van der Waals surface area contributed by atoms with E-state index in [1.165, 1.54) is 60.0 Å². The Morgan fingerprint density at radius 3 is 2.65 bits per heavy atom. The van der Waals surface area contributed by atoms with Crippen molar-refractivity contribution in [1.29, 1.82) is 0 Å². The average molecular weight is 437 g/mol. The summed E-state index contributed by atoms with van der Waals surface area (Å²) in [6.07, 6.45) is 6.14. The van der Waals surface area contributed by atoms with Gasteiger partial charge in [0, 0.05) is 59.1 Å². The van der Waals surface area contributed by atoms with Gasteiger partial charge in [-0.25, -0.2) is 0 Å². The average Bonchev–Trinajstić information content (AvgIpc) is 3.03. The molecule has 2 aromatic carbocycles. The number of benzene rings is 2. The molecule has 1 aliphatic carbocycles. The van der Waals surface area contributed by atoms with E-state index in [0.717, 1.165) is 18.6 Å². The molecule has 1 fully saturated rings. The van der Waals surface area contributed by atoms with Gasteiger partial charge in [-0.15, -0.1) is 0 Å². The minimum atomic E-state index is -2.63. The van der Waals surface area contributed by atoms with E-state index in [9.17, 15) is 13.6 Å². The van der Waals surface area contributed by atoms with Gasteiger partial charge >= 0.3 is 0 Å². The second-order valence-corrected chi connectivity index (χ2v) is 9.26. The Kier molecular flexibility index (Phi) is 5.32. The maximum Gasteiger partial charge on any atom is 0.262 e. The minimum Gasteiger partial charge on any atom is -0.755 e. The molecular weight excluding hydrogens is 410 g/mol. The second-order valence-electron chi connectivity index (χ2n) is 8.59. The summed E-state index contributed by atoms with van der Waals surface area (Å²) in [7, 11) is 2.12. The Bertz CT molecular complexity index is 1180. The fourth-order valence-corrected chi connectivity index (χ4v) is 5.63. The van der Waals surface area contributed by atoms with Gasteiger partial charge < -0.3 is 14.0 Å². The summed E-state index contributed by atoms with van der Waals surface area (Å²) in [6.45, 7) is 1.67. The zero-order chi connectivity index (χ0) is 21.5. The van der Waals surface area contributed by atoms with E-state index in [1.807, 2.05) is 16.9 Å². The van der Waals surface area contributed by atoms with Crippen molar-refractivity contribution in [2.45, 2.75) is 44.6 Å². The standard InChI is InChI=1S/C24H27N3O3S/c1-26-13-14-27-21-15-17(24(28)25-31(29)30)11-12-18(21)22(16-7-3-2-4-8-16)23(27)19-9-5-6-10-20(19)26/h5-6,9-12,15-16H,2-4,7-8,13-14H2,1H3,(H,25,28)(H,29,30)/p-1.